The van der Waals surface area contributed by atoms with Crippen molar-refractivity contribution in [2.24, 2.45) is 5.14 Å². The normalized spacial score (nSPS) is 15.5. The number of hydrogen-bond acceptors (Lipinski definition) is 6. The molecule has 0 radical (unpaired) electrons. The van der Waals surface area contributed by atoms with E-state index in [0.717, 1.165) is 25.7 Å². The Morgan fingerprint density at radius 2 is 1.74 bits per heavy atom. The third-order valence-corrected chi connectivity index (χ3v) is 8.44. The molecule has 2 heterocycles. The van der Waals surface area contributed by atoms with E-state index in [4.69, 9.17) is 5.14 Å². The number of anilines is 2. The van der Waals surface area contributed by atoms with Crippen LogP contribution in [0.4, 0.5) is 24.7 Å². The van der Waals surface area contributed by atoms with Crippen LogP contribution in [0.25, 0.3) is 0 Å². The van der Waals surface area contributed by atoms with Gasteiger partial charge >= 0.3 is 6.36 Å². The number of alkyl halides is 3. The lowest BCUT2D eigenvalue weighted by atomic mass is 10.2. The lowest BCUT2D eigenvalue weighted by Crippen LogP contribution is -2.42. The second kappa shape index (κ2) is 10.2. The van der Waals surface area contributed by atoms with Gasteiger partial charge in [0.1, 0.15) is 5.82 Å². The monoisotopic (exact) mass is 530 g/mol. The van der Waals surface area contributed by atoms with Crippen LogP contribution in [-0.4, -0.2) is 46.8 Å². The maximum absolute atomic E-state index is 13.4. The Hall–Kier alpha value is -2.64. The molecule has 0 aliphatic carbocycles. The number of nitrogens with two attached hydrogens (primary N) is 1. The molecule has 1 aliphatic heterocycles. The van der Waals surface area contributed by atoms with Gasteiger partial charge in [-0.05, 0) is 37.1 Å². The van der Waals surface area contributed by atoms with E-state index in [-0.39, 0.29) is 27.2 Å². The summed E-state index contributed by atoms with van der Waals surface area (Å²) in [6.45, 7) is 6.56. The minimum absolute atomic E-state index is 0.0971. The first-order chi connectivity index (χ1) is 16.1. The fraction of sp³-hybridized carbons (Fsp3) is 0.455. The molecule has 1 fully saturated rings. The van der Waals surface area contributed by atoms with Gasteiger partial charge < -0.3 is 15.0 Å². The number of carbonyl (C=O) groups excluding carboxylic acids is 1. The Labute approximate surface area is 203 Å². The number of halogens is 3. The van der Waals surface area contributed by atoms with Crippen molar-refractivity contribution in [1.29, 1.82) is 0 Å². The topological polar surface area (TPSA) is 115 Å². The summed E-state index contributed by atoms with van der Waals surface area (Å²) in [5, 5.41) is 8.07. The van der Waals surface area contributed by atoms with Gasteiger partial charge in [0.2, 0.25) is 15.9 Å². The number of nitrogens with zero attached hydrogens (tertiary/aromatic N) is 2. The maximum Gasteiger partial charge on any atom is 0.574 e. The van der Waals surface area contributed by atoms with Crippen molar-refractivity contribution >= 4 is 40.7 Å². The van der Waals surface area contributed by atoms with E-state index in [9.17, 15) is 26.4 Å². The van der Waals surface area contributed by atoms with Crippen molar-refractivity contribution in [3.8, 4) is 5.88 Å². The SMILES string of the molecule is C[Si](C)(C)c1cc(C(=O)Nc2cccc(S(N)(=O)=O)c2)c(N2CCCCCC2)nc1OC(F)(F)F. The van der Waals surface area contributed by atoms with Gasteiger partial charge in [-0.15, -0.1) is 13.2 Å². The van der Waals surface area contributed by atoms with Crippen LogP contribution in [0.5, 0.6) is 5.88 Å². The van der Waals surface area contributed by atoms with E-state index in [1.165, 1.54) is 30.3 Å². The van der Waals surface area contributed by atoms with Crippen LogP contribution in [-0.2, 0) is 10.0 Å². The zero-order valence-electron chi connectivity index (χ0n) is 19.8. The molecule has 8 nitrogen and oxygen atoms in total. The predicted octanol–water partition coefficient (Wildman–Crippen LogP) is 3.81. The van der Waals surface area contributed by atoms with E-state index >= 15 is 0 Å². The fourth-order valence-corrected chi connectivity index (χ4v) is 5.74. The molecule has 1 aliphatic rings. The number of primary sulfonamides is 1. The second-order valence-corrected chi connectivity index (χ2v) is 16.0. The van der Waals surface area contributed by atoms with Gasteiger partial charge in [0.15, 0.2) is 0 Å². The van der Waals surface area contributed by atoms with Crippen LogP contribution in [0.2, 0.25) is 19.6 Å². The Bertz CT molecular complexity index is 1190. The first-order valence-electron chi connectivity index (χ1n) is 11.2. The molecule has 3 N–H and O–H groups in total. The summed E-state index contributed by atoms with van der Waals surface area (Å²) in [6.07, 6.45) is -1.38. The van der Waals surface area contributed by atoms with Gasteiger partial charge in [-0.1, -0.05) is 38.5 Å². The molecule has 2 aromatic rings. The number of rotatable bonds is 6. The number of amides is 1. The molecule has 0 unspecified atom stereocenters. The van der Waals surface area contributed by atoms with Crippen molar-refractivity contribution in [2.45, 2.75) is 56.6 Å². The summed E-state index contributed by atoms with van der Waals surface area (Å²) in [7, 11) is -6.44. The highest BCUT2D eigenvalue weighted by atomic mass is 32.2. The molecule has 1 saturated heterocycles. The van der Waals surface area contributed by atoms with Crippen LogP contribution in [0, 0.1) is 0 Å². The van der Waals surface area contributed by atoms with Gasteiger partial charge in [0.25, 0.3) is 5.91 Å². The zero-order valence-corrected chi connectivity index (χ0v) is 21.6. The molecule has 192 valence electrons. The first kappa shape index (κ1) is 27.0. The highest BCUT2D eigenvalue weighted by molar-refractivity contribution is 7.89. The van der Waals surface area contributed by atoms with Gasteiger partial charge in [-0.25, -0.2) is 13.6 Å². The highest BCUT2D eigenvalue weighted by Crippen LogP contribution is 2.29. The van der Waals surface area contributed by atoms with E-state index in [1.807, 2.05) is 19.6 Å². The van der Waals surface area contributed by atoms with Gasteiger partial charge in [-0.2, -0.15) is 4.98 Å². The van der Waals surface area contributed by atoms with E-state index < -0.39 is 36.2 Å². The molecule has 0 bridgehead atoms. The minimum Gasteiger partial charge on any atom is -0.388 e. The Morgan fingerprint density at radius 1 is 1.11 bits per heavy atom. The summed E-state index contributed by atoms with van der Waals surface area (Å²) in [5.41, 5.74) is 0.272. The largest absolute Gasteiger partial charge is 0.574 e. The average molecular weight is 531 g/mol. The number of hydrogen-bond donors (Lipinski definition) is 2. The summed E-state index contributed by atoms with van der Waals surface area (Å²) < 4.78 is 67.4. The van der Waals surface area contributed by atoms with Crippen LogP contribution in [0.1, 0.15) is 36.0 Å². The molecular weight excluding hydrogens is 501 g/mol. The van der Waals surface area contributed by atoms with Crippen molar-refractivity contribution in [1.82, 2.24) is 4.98 Å². The number of carbonyl (C=O) groups is 1. The maximum atomic E-state index is 13.4. The lowest BCUT2D eigenvalue weighted by Gasteiger charge is -2.28. The van der Waals surface area contributed by atoms with Crippen LogP contribution in [0.3, 0.4) is 0 Å². The van der Waals surface area contributed by atoms with E-state index in [1.54, 1.807) is 4.90 Å². The predicted molar refractivity (Wildman–Crippen MR) is 130 cm³/mol. The summed E-state index contributed by atoms with van der Waals surface area (Å²) in [4.78, 5) is 19.3. The third kappa shape index (κ3) is 7.18. The van der Waals surface area contributed by atoms with Crippen molar-refractivity contribution in [2.75, 3.05) is 23.3 Å². The smallest absolute Gasteiger partial charge is 0.388 e. The number of ether oxygens (including phenoxy) is 1. The van der Waals surface area contributed by atoms with Crippen molar-refractivity contribution in [3.05, 3.63) is 35.9 Å². The molecule has 13 heteroatoms. The van der Waals surface area contributed by atoms with E-state index in [0.29, 0.717) is 13.1 Å². The van der Waals surface area contributed by atoms with Crippen molar-refractivity contribution < 1.29 is 31.1 Å². The minimum atomic E-state index is -4.94. The van der Waals surface area contributed by atoms with Gasteiger partial charge in [-0.3, -0.25) is 4.79 Å². The van der Waals surface area contributed by atoms with Crippen LogP contribution in [0.15, 0.2) is 35.2 Å². The molecule has 1 aromatic heterocycles. The van der Waals surface area contributed by atoms with Crippen molar-refractivity contribution in [3.63, 3.8) is 0 Å². The molecule has 0 saturated carbocycles. The fourth-order valence-electron chi connectivity index (χ4n) is 3.85. The average Bonchev–Trinajstić information content (AvgIpc) is 3.00. The van der Waals surface area contributed by atoms with Gasteiger partial charge in [0, 0.05) is 24.0 Å². The number of aromatic nitrogens is 1. The first-order valence-corrected chi connectivity index (χ1v) is 16.2. The highest BCUT2D eigenvalue weighted by Gasteiger charge is 2.37. The van der Waals surface area contributed by atoms with Gasteiger partial charge in [0.05, 0.1) is 18.5 Å². The molecule has 35 heavy (non-hydrogen) atoms. The second-order valence-electron chi connectivity index (χ2n) is 9.44. The lowest BCUT2D eigenvalue weighted by molar-refractivity contribution is -0.275. The standard InChI is InChI=1S/C22H29F3N4O4SSi/c1-35(2,3)18-14-17(20(30)27-15-9-8-10-16(13-15)34(26,31)32)19(28-21(18)33-22(23,24)25)29-11-6-4-5-7-12-29/h8-10,13-14H,4-7,11-12H2,1-3H3,(H,27,30)(H2,26,31,32). The number of nitrogens with one attached hydrogen (secondary N) is 1. The third-order valence-electron chi connectivity index (χ3n) is 5.56. The van der Waals surface area contributed by atoms with Crippen LogP contribution >= 0.6 is 0 Å². The number of sulfonamides is 1. The number of benzene rings is 1. The van der Waals surface area contributed by atoms with Crippen LogP contribution < -0.4 is 25.3 Å². The molecule has 1 aromatic carbocycles. The molecule has 0 spiro atoms. The molecule has 1 amide bonds. The Balaban J connectivity index is 2.12. The Kier molecular flexibility index (Phi) is 7.82. The Morgan fingerprint density at radius 3 is 2.29 bits per heavy atom. The quantitative estimate of drug-likeness (QED) is 0.549. The molecule has 3 rings (SSSR count). The zero-order chi connectivity index (χ0) is 26.0. The summed E-state index contributed by atoms with van der Waals surface area (Å²) >= 11 is 0. The molecule has 0 atom stereocenters. The molecular formula is C22H29F3N4O4SSi. The summed E-state index contributed by atoms with van der Waals surface area (Å²) in [6, 6.07) is 6.86. The van der Waals surface area contributed by atoms with E-state index in [2.05, 4.69) is 15.0 Å². The summed E-state index contributed by atoms with van der Waals surface area (Å²) in [5.74, 6) is -1.06. The number of pyridine rings is 1.